The Bertz CT molecular complexity index is 1150. The fourth-order valence-electron chi connectivity index (χ4n) is 2.67. The number of carbonyl (C=O) groups is 2. The van der Waals surface area contributed by atoms with Crippen molar-refractivity contribution in [3.05, 3.63) is 71.2 Å². The third-order valence-corrected chi connectivity index (χ3v) is 4.35. The molecule has 0 aliphatic heterocycles. The van der Waals surface area contributed by atoms with E-state index in [9.17, 15) is 35.9 Å². The minimum atomic E-state index is -4.55. The summed E-state index contributed by atoms with van der Waals surface area (Å²) in [5.41, 5.74) is -1.62. The number of pyridine rings is 1. The number of anilines is 1. The van der Waals surface area contributed by atoms with Crippen molar-refractivity contribution in [1.29, 1.82) is 0 Å². The normalized spacial score (nSPS) is 11.8. The molecule has 7 nitrogen and oxygen atoms in total. The van der Waals surface area contributed by atoms with Gasteiger partial charge in [0, 0.05) is 11.9 Å². The van der Waals surface area contributed by atoms with Crippen LogP contribution < -0.4 is 5.32 Å². The third-order valence-electron chi connectivity index (χ3n) is 4.35. The minimum Gasteiger partial charge on any atom is -0.452 e. The molecule has 0 spiro atoms. The average Bonchev–Trinajstić information content (AvgIpc) is 3.12. The van der Waals surface area contributed by atoms with Crippen molar-refractivity contribution in [2.24, 2.45) is 0 Å². The van der Waals surface area contributed by atoms with Crippen LogP contribution >= 0.6 is 0 Å². The van der Waals surface area contributed by atoms with Gasteiger partial charge in [-0.3, -0.25) is 4.79 Å². The number of nitrogens with one attached hydrogen (secondary N) is 1. The highest BCUT2D eigenvalue weighted by molar-refractivity contribution is 5.95. The second kappa shape index (κ2) is 8.92. The Morgan fingerprint density at radius 2 is 1.55 bits per heavy atom. The summed E-state index contributed by atoms with van der Waals surface area (Å²) in [6.07, 6.45) is -7.35. The van der Waals surface area contributed by atoms with E-state index in [-0.39, 0.29) is 22.8 Å². The van der Waals surface area contributed by atoms with Gasteiger partial charge < -0.3 is 10.1 Å². The van der Waals surface area contributed by atoms with E-state index in [4.69, 9.17) is 4.74 Å². The monoisotopic (exact) mass is 472 g/mol. The van der Waals surface area contributed by atoms with Gasteiger partial charge in [0.1, 0.15) is 5.56 Å². The highest BCUT2D eigenvalue weighted by Gasteiger charge is 2.31. The summed E-state index contributed by atoms with van der Waals surface area (Å²) in [5.74, 6) is -1.70. The molecule has 0 aliphatic rings. The standard InChI is InChI=1S/C20H14F6N4O3/c1-11-15(9-28-30(11)16-7-4-13(8-27-16)20(24,25)26)18(32)33-10-17(31)29-14-5-2-12(3-6-14)19(21,22)23/h2-9H,10H2,1H3,(H,29,31). The molecule has 0 saturated carbocycles. The molecule has 3 rings (SSSR count). The molecule has 174 valence electrons. The first-order chi connectivity index (χ1) is 15.4. The van der Waals surface area contributed by atoms with Gasteiger partial charge in [0.25, 0.3) is 5.91 Å². The lowest BCUT2D eigenvalue weighted by Crippen LogP contribution is -2.21. The maximum atomic E-state index is 12.7. The van der Waals surface area contributed by atoms with Crippen LogP contribution in [0, 0.1) is 6.92 Å². The summed E-state index contributed by atoms with van der Waals surface area (Å²) < 4.78 is 81.7. The topological polar surface area (TPSA) is 86.1 Å². The lowest BCUT2D eigenvalue weighted by Gasteiger charge is -2.09. The van der Waals surface area contributed by atoms with Crippen LogP contribution in [0.5, 0.6) is 0 Å². The van der Waals surface area contributed by atoms with Crippen LogP contribution in [0.1, 0.15) is 27.2 Å². The van der Waals surface area contributed by atoms with Crippen molar-refractivity contribution in [2.75, 3.05) is 11.9 Å². The molecule has 0 aliphatic carbocycles. The molecule has 0 saturated heterocycles. The SMILES string of the molecule is Cc1c(C(=O)OCC(=O)Nc2ccc(C(F)(F)F)cc2)cnn1-c1ccc(C(F)(F)F)cn1. The van der Waals surface area contributed by atoms with Crippen molar-refractivity contribution in [3.63, 3.8) is 0 Å². The van der Waals surface area contributed by atoms with Crippen LogP contribution in [-0.2, 0) is 21.9 Å². The molecule has 2 heterocycles. The summed E-state index contributed by atoms with van der Waals surface area (Å²) in [6, 6.07) is 5.56. The van der Waals surface area contributed by atoms with Crippen molar-refractivity contribution >= 4 is 17.6 Å². The number of ether oxygens (including phenoxy) is 1. The van der Waals surface area contributed by atoms with Crippen molar-refractivity contribution < 1.29 is 40.7 Å². The maximum Gasteiger partial charge on any atom is 0.417 e. The molecule has 1 N–H and O–H groups in total. The smallest absolute Gasteiger partial charge is 0.417 e. The summed E-state index contributed by atoms with van der Waals surface area (Å²) in [6.45, 7) is 0.716. The van der Waals surface area contributed by atoms with Crippen molar-refractivity contribution in [2.45, 2.75) is 19.3 Å². The van der Waals surface area contributed by atoms with E-state index in [2.05, 4.69) is 15.4 Å². The Balaban J connectivity index is 1.61. The number of alkyl halides is 6. The molecule has 0 unspecified atom stereocenters. The van der Waals surface area contributed by atoms with Crippen LogP contribution in [0.2, 0.25) is 0 Å². The molecule has 1 amide bonds. The van der Waals surface area contributed by atoms with Gasteiger partial charge in [-0.1, -0.05) is 0 Å². The molecule has 0 atom stereocenters. The number of esters is 1. The van der Waals surface area contributed by atoms with Crippen LogP contribution in [0.25, 0.3) is 5.82 Å². The number of hydrogen-bond donors (Lipinski definition) is 1. The van der Waals surface area contributed by atoms with Gasteiger partial charge in [0.15, 0.2) is 12.4 Å². The van der Waals surface area contributed by atoms with Crippen LogP contribution in [-0.4, -0.2) is 33.2 Å². The van der Waals surface area contributed by atoms with E-state index >= 15 is 0 Å². The number of carbonyl (C=O) groups excluding carboxylic acids is 2. The summed E-state index contributed by atoms with van der Waals surface area (Å²) in [4.78, 5) is 27.9. The average molecular weight is 472 g/mol. The quantitative estimate of drug-likeness (QED) is 0.439. The van der Waals surface area contributed by atoms with Gasteiger partial charge in [-0.15, -0.1) is 0 Å². The van der Waals surface area contributed by atoms with E-state index in [0.717, 1.165) is 47.3 Å². The largest absolute Gasteiger partial charge is 0.452 e. The van der Waals surface area contributed by atoms with Crippen LogP contribution in [0.15, 0.2) is 48.8 Å². The first kappa shape index (κ1) is 23.8. The number of benzene rings is 1. The summed E-state index contributed by atoms with van der Waals surface area (Å²) >= 11 is 0. The number of hydrogen-bond acceptors (Lipinski definition) is 5. The van der Waals surface area contributed by atoms with Gasteiger partial charge in [0.05, 0.1) is 23.0 Å². The second-order valence-corrected chi connectivity index (χ2v) is 6.66. The zero-order valence-corrected chi connectivity index (χ0v) is 16.7. The molecule has 0 radical (unpaired) electrons. The summed E-state index contributed by atoms with van der Waals surface area (Å²) in [7, 11) is 0. The number of rotatable bonds is 5. The Labute approximate surface area is 182 Å². The lowest BCUT2D eigenvalue weighted by atomic mass is 10.2. The third kappa shape index (κ3) is 5.67. The molecule has 3 aromatic rings. The van der Waals surface area contributed by atoms with Gasteiger partial charge in [-0.2, -0.15) is 31.4 Å². The highest BCUT2D eigenvalue weighted by atomic mass is 19.4. The molecule has 13 heteroatoms. The van der Waals surface area contributed by atoms with Crippen molar-refractivity contribution in [1.82, 2.24) is 14.8 Å². The van der Waals surface area contributed by atoms with E-state index in [0.29, 0.717) is 6.20 Å². The first-order valence-corrected chi connectivity index (χ1v) is 9.09. The fraction of sp³-hybridized carbons (Fsp3) is 0.200. The molecule has 2 aromatic heterocycles. The van der Waals surface area contributed by atoms with E-state index in [1.165, 1.54) is 6.92 Å². The lowest BCUT2D eigenvalue weighted by molar-refractivity contribution is -0.138. The second-order valence-electron chi connectivity index (χ2n) is 6.66. The highest BCUT2D eigenvalue weighted by Crippen LogP contribution is 2.30. The molecule has 33 heavy (non-hydrogen) atoms. The number of amides is 1. The molecular formula is C20H14F6N4O3. The van der Waals surface area contributed by atoms with E-state index < -0.39 is 42.0 Å². The van der Waals surface area contributed by atoms with Crippen LogP contribution in [0.3, 0.4) is 0 Å². The zero-order valence-electron chi connectivity index (χ0n) is 16.7. The van der Waals surface area contributed by atoms with Gasteiger partial charge >= 0.3 is 18.3 Å². The van der Waals surface area contributed by atoms with Gasteiger partial charge in [-0.05, 0) is 43.3 Å². The van der Waals surface area contributed by atoms with Gasteiger partial charge in [-0.25, -0.2) is 14.5 Å². The zero-order chi connectivity index (χ0) is 24.4. The van der Waals surface area contributed by atoms with E-state index in [1.807, 2.05) is 0 Å². The Morgan fingerprint density at radius 1 is 0.939 bits per heavy atom. The molecule has 0 fully saturated rings. The molecule has 1 aromatic carbocycles. The van der Waals surface area contributed by atoms with E-state index in [1.54, 1.807) is 0 Å². The summed E-state index contributed by atoms with van der Waals surface area (Å²) in [5, 5.41) is 6.19. The molecular weight excluding hydrogens is 458 g/mol. The van der Waals surface area contributed by atoms with Crippen molar-refractivity contribution in [3.8, 4) is 5.82 Å². The predicted molar refractivity (Wildman–Crippen MR) is 101 cm³/mol. The molecule has 0 bridgehead atoms. The minimum absolute atomic E-state index is 0.0274. The maximum absolute atomic E-state index is 12.7. The van der Waals surface area contributed by atoms with Crippen LogP contribution in [0.4, 0.5) is 32.0 Å². The Kier molecular flexibility index (Phi) is 6.42. The van der Waals surface area contributed by atoms with Gasteiger partial charge in [0.2, 0.25) is 0 Å². The number of nitrogens with zero attached hydrogens (tertiary/aromatic N) is 3. The Hall–Kier alpha value is -3.90. The first-order valence-electron chi connectivity index (χ1n) is 9.09. The Morgan fingerprint density at radius 3 is 2.09 bits per heavy atom. The predicted octanol–water partition coefficient (Wildman–Crippen LogP) is 4.41. The number of aromatic nitrogens is 3. The number of halogens is 6. The fourth-order valence-corrected chi connectivity index (χ4v) is 2.67.